The molecule has 0 unspecified atom stereocenters. The molecule has 0 aliphatic heterocycles. The molecule has 0 fully saturated rings. The summed E-state index contributed by atoms with van der Waals surface area (Å²) in [5, 5.41) is 14.7. The fraction of sp³-hybridized carbons (Fsp3) is 0.286. The minimum atomic E-state index is 0.0742. The van der Waals surface area contributed by atoms with Crippen molar-refractivity contribution in [2.75, 3.05) is 12.3 Å². The van der Waals surface area contributed by atoms with Crippen LogP contribution in [-0.4, -0.2) is 21.9 Å². The van der Waals surface area contributed by atoms with Gasteiger partial charge >= 0.3 is 0 Å². The third-order valence-corrected chi connectivity index (χ3v) is 1.13. The number of hydrogen-bond acceptors (Lipinski definition) is 3. The van der Waals surface area contributed by atoms with E-state index < -0.39 is 0 Å². The zero-order valence-corrected chi connectivity index (χ0v) is 5.96. The number of nitrogens with one attached hydrogen (secondary N) is 1. The number of aromatic nitrogens is 2. The molecule has 11 heavy (non-hydrogen) atoms. The lowest BCUT2D eigenvalue weighted by Gasteiger charge is -1.82. The lowest BCUT2D eigenvalue weighted by molar-refractivity contribution is 0.305. The van der Waals surface area contributed by atoms with E-state index in [-0.39, 0.29) is 6.61 Å². The Hall–Kier alpha value is -1.47. The van der Waals surface area contributed by atoms with Crippen LogP contribution >= 0.6 is 0 Å². The van der Waals surface area contributed by atoms with Gasteiger partial charge in [0, 0.05) is 6.42 Å². The van der Waals surface area contributed by atoms with Crippen molar-refractivity contribution in [1.29, 1.82) is 0 Å². The lowest BCUT2D eigenvalue weighted by Crippen LogP contribution is -1.87. The fourth-order valence-electron chi connectivity index (χ4n) is 0.609. The molecule has 1 aromatic heterocycles. The minimum Gasteiger partial charge on any atom is -0.395 e. The number of aliphatic hydroxyl groups is 1. The first-order valence-corrected chi connectivity index (χ1v) is 3.23. The van der Waals surface area contributed by atoms with E-state index in [1.165, 1.54) is 0 Å². The minimum absolute atomic E-state index is 0.0742. The average Bonchev–Trinajstić information content (AvgIpc) is 2.37. The molecule has 0 saturated heterocycles. The number of nitrogens with two attached hydrogens (primary N) is 1. The summed E-state index contributed by atoms with van der Waals surface area (Å²) in [7, 11) is 0. The summed E-state index contributed by atoms with van der Waals surface area (Å²) in [5.41, 5.74) is 6.12. The Morgan fingerprint density at radius 3 is 3.09 bits per heavy atom. The Kier molecular flexibility index (Phi) is 2.53. The number of nitrogen functional groups attached to an aromatic ring is 1. The number of H-pyrrole nitrogens is 1. The Balaban J connectivity index is 2.65. The van der Waals surface area contributed by atoms with Crippen molar-refractivity contribution < 1.29 is 5.11 Å². The third-order valence-electron chi connectivity index (χ3n) is 1.13. The summed E-state index contributed by atoms with van der Waals surface area (Å²) in [6, 6.07) is 0. The SMILES string of the molecule is Nc1[nH]ncc1C#CCCO. The second-order valence-electron chi connectivity index (χ2n) is 1.97. The molecule has 58 valence electrons. The van der Waals surface area contributed by atoms with Crippen molar-refractivity contribution in [3.8, 4) is 11.8 Å². The maximum Gasteiger partial charge on any atom is 0.134 e. The van der Waals surface area contributed by atoms with Gasteiger partial charge in [-0.3, -0.25) is 5.10 Å². The first-order valence-electron chi connectivity index (χ1n) is 3.23. The van der Waals surface area contributed by atoms with Gasteiger partial charge in [-0.05, 0) is 0 Å². The molecule has 1 aromatic rings. The molecule has 4 nitrogen and oxygen atoms in total. The van der Waals surface area contributed by atoms with E-state index in [0.29, 0.717) is 17.8 Å². The molecule has 4 heteroatoms. The number of aromatic amines is 1. The number of hydrogen-bond donors (Lipinski definition) is 3. The molecule has 0 radical (unpaired) electrons. The second-order valence-corrected chi connectivity index (χ2v) is 1.97. The van der Waals surface area contributed by atoms with Gasteiger partial charge in [0.25, 0.3) is 0 Å². The molecule has 0 amide bonds. The second kappa shape index (κ2) is 3.64. The molecule has 0 aliphatic carbocycles. The smallest absolute Gasteiger partial charge is 0.134 e. The van der Waals surface area contributed by atoms with Crippen molar-refractivity contribution >= 4 is 5.82 Å². The van der Waals surface area contributed by atoms with Crippen LogP contribution in [-0.2, 0) is 0 Å². The topological polar surface area (TPSA) is 74.9 Å². The van der Waals surface area contributed by atoms with Crippen LogP contribution in [0.5, 0.6) is 0 Å². The van der Waals surface area contributed by atoms with Crippen LogP contribution in [0, 0.1) is 11.8 Å². The van der Waals surface area contributed by atoms with Crippen molar-refractivity contribution in [3.05, 3.63) is 11.8 Å². The van der Waals surface area contributed by atoms with E-state index in [1.807, 2.05) is 0 Å². The Morgan fingerprint density at radius 2 is 2.55 bits per heavy atom. The van der Waals surface area contributed by atoms with Crippen LogP contribution in [0.4, 0.5) is 5.82 Å². The van der Waals surface area contributed by atoms with E-state index in [9.17, 15) is 0 Å². The van der Waals surface area contributed by atoms with E-state index >= 15 is 0 Å². The largest absolute Gasteiger partial charge is 0.395 e. The Labute approximate surface area is 64.4 Å². The van der Waals surface area contributed by atoms with Crippen LogP contribution in [0.25, 0.3) is 0 Å². The molecule has 1 rings (SSSR count). The maximum atomic E-state index is 8.41. The molecule has 0 aliphatic rings. The molecular weight excluding hydrogens is 142 g/mol. The fourth-order valence-corrected chi connectivity index (χ4v) is 0.609. The zero-order valence-electron chi connectivity index (χ0n) is 5.96. The number of anilines is 1. The first-order chi connectivity index (χ1) is 5.34. The summed E-state index contributed by atoms with van der Waals surface area (Å²) in [6.45, 7) is 0.0742. The number of rotatable bonds is 1. The molecular formula is C7H9N3O. The van der Waals surface area contributed by atoms with Crippen LogP contribution < -0.4 is 5.73 Å². The first kappa shape index (κ1) is 7.63. The highest BCUT2D eigenvalue weighted by Crippen LogP contribution is 2.02. The third kappa shape index (κ3) is 1.99. The molecule has 4 N–H and O–H groups in total. The summed E-state index contributed by atoms with van der Waals surface area (Å²) in [4.78, 5) is 0. The van der Waals surface area contributed by atoms with E-state index in [4.69, 9.17) is 10.8 Å². The molecule has 1 heterocycles. The molecule has 0 aromatic carbocycles. The summed E-state index contributed by atoms with van der Waals surface area (Å²) >= 11 is 0. The maximum absolute atomic E-state index is 8.41. The molecule has 0 saturated carbocycles. The quantitative estimate of drug-likeness (QED) is 0.483. The van der Waals surface area contributed by atoms with Gasteiger partial charge in [0.05, 0.1) is 18.4 Å². The van der Waals surface area contributed by atoms with Gasteiger partial charge in [-0.1, -0.05) is 11.8 Å². The molecule has 0 bridgehead atoms. The predicted octanol–water partition coefficient (Wildman–Crippen LogP) is -0.274. The monoisotopic (exact) mass is 151 g/mol. The average molecular weight is 151 g/mol. The molecule has 0 atom stereocenters. The van der Waals surface area contributed by atoms with Crippen molar-refractivity contribution in [1.82, 2.24) is 10.2 Å². The van der Waals surface area contributed by atoms with Crippen molar-refractivity contribution in [2.24, 2.45) is 0 Å². The summed E-state index contributed by atoms with van der Waals surface area (Å²) in [6.07, 6.45) is 2.02. The highest BCUT2D eigenvalue weighted by atomic mass is 16.2. The van der Waals surface area contributed by atoms with Crippen LogP contribution in [0.3, 0.4) is 0 Å². The van der Waals surface area contributed by atoms with Gasteiger partial charge in [0.15, 0.2) is 0 Å². The van der Waals surface area contributed by atoms with Gasteiger partial charge in [-0.2, -0.15) is 5.10 Å². The highest BCUT2D eigenvalue weighted by Gasteiger charge is 1.93. The Morgan fingerprint density at radius 1 is 1.73 bits per heavy atom. The van der Waals surface area contributed by atoms with Crippen LogP contribution in [0.1, 0.15) is 12.0 Å². The normalized spacial score (nSPS) is 8.82. The lowest BCUT2D eigenvalue weighted by atomic mass is 10.3. The zero-order chi connectivity index (χ0) is 8.10. The predicted molar refractivity (Wildman–Crippen MR) is 41.6 cm³/mol. The van der Waals surface area contributed by atoms with Gasteiger partial charge < -0.3 is 10.8 Å². The molecule has 0 spiro atoms. The van der Waals surface area contributed by atoms with Crippen LogP contribution in [0.2, 0.25) is 0 Å². The van der Waals surface area contributed by atoms with Gasteiger partial charge in [-0.25, -0.2) is 0 Å². The summed E-state index contributed by atoms with van der Waals surface area (Å²) in [5.74, 6) is 5.97. The van der Waals surface area contributed by atoms with Gasteiger partial charge in [-0.15, -0.1) is 0 Å². The summed E-state index contributed by atoms with van der Waals surface area (Å²) < 4.78 is 0. The van der Waals surface area contributed by atoms with Crippen LogP contribution in [0.15, 0.2) is 6.20 Å². The van der Waals surface area contributed by atoms with Gasteiger partial charge in [0.2, 0.25) is 0 Å². The Bertz CT molecular complexity index is 281. The van der Waals surface area contributed by atoms with E-state index in [2.05, 4.69) is 22.0 Å². The van der Waals surface area contributed by atoms with Crippen molar-refractivity contribution in [2.45, 2.75) is 6.42 Å². The van der Waals surface area contributed by atoms with E-state index in [0.717, 1.165) is 0 Å². The van der Waals surface area contributed by atoms with Gasteiger partial charge in [0.1, 0.15) is 5.82 Å². The van der Waals surface area contributed by atoms with Crippen molar-refractivity contribution in [3.63, 3.8) is 0 Å². The highest BCUT2D eigenvalue weighted by molar-refractivity contribution is 5.48. The van der Waals surface area contributed by atoms with E-state index in [1.54, 1.807) is 6.20 Å². The standard InChI is InChI=1S/C7H9N3O/c8-7-6(5-9-10-7)3-1-2-4-11/h5,11H,2,4H2,(H3,8,9,10). The number of nitrogens with zero attached hydrogens (tertiary/aromatic N) is 1. The number of aliphatic hydroxyl groups excluding tert-OH is 1.